The molecular formula is C22H33IN4O4S. The number of furan rings is 1. The standard InChI is InChI=1S/C22H32N4O4S.HI/c1-22(12-3-2-6-20(22)27)16-26-21(24-13-11-18-5-4-14-30-18)25-15-17-7-9-19(10-8-17)31(23,28)29;/h4-5,7-10,14,20,27H,2-3,6,11-13,15-16H2,1H3,(H2,23,28,29)(H2,24,25,26);1H. The second-order valence-electron chi connectivity index (χ2n) is 8.38. The zero-order valence-electron chi connectivity index (χ0n) is 18.3. The molecule has 0 spiro atoms. The third-order valence-corrected chi connectivity index (χ3v) is 6.78. The molecule has 1 heterocycles. The van der Waals surface area contributed by atoms with E-state index in [2.05, 4.69) is 22.5 Å². The van der Waals surface area contributed by atoms with E-state index < -0.39 is 10.0 Å². The van der Waals surface area contributed by atoms with Gasteiger partial charge < -0.3 is 20.2 Å². The van der Waals surface area contributed by atoms with E-state index in [0.29, 0.717) is 25.6 Å². The average Bonchev–Trinajstić information content (AvgIpc) is 3.25. The van der Waals surface area contributed by atoms with E-state index in [1.165, 1.54) is 12.1 Å². The van der Waals surface area contributed by atoms with Gasteiger partial charge in [0.2, 0.25) is 10.0 Å². The van der Waals surface area contributed by atoms with Crippen LogP contribution in [0.1, 0.15) is 43.9 Å². The predicted molar refractivity (Wildman–Crippen MR) is 135 cm³/mol. The number of hydrogen-bond acceptors (Lipinski definition) is 5. The van der Waals surface area contributed by atoms with Gasteiger partial charge in [-0.25, -0.2) is 18.5 Å². The van der Waals surface area contributed by atoms with E-state index in [1.807, 2.05) is 12.1 Å². The Morgan fingerprint density at radius 3 is 2.62 bits per heavy atom. The van der Waals surface area contributed by atoms with Crippen LogP contribution < -0.4 is 15.8 Å². The normalized spacial score (nSPS) is 21.6. The van der Waals surface area contributed by atoms with Crippen LogP contribution in [0.25, 0.3) is 0 Å². The lowest BCUT2D eigenvalue weighted by Gasteiger charge is -2.38. The van der Waals surface area contributed by atoms with Crippen molar-refractivity contribution in [3.8, 4) is 0 Å². The molecule has 1 aliphatic carbocycles. The van der Waals surface area contributed by atoms with Crippen molar-refractivity contribution in [1.29, 1.82) is 0 Å². The van der Waals surface area contributed by atoms with Crippen molar-refractivity contribution in [3.05, 3.63) is 54.0 Å². The Kier molecular flexibility index (Phi) is 9.99. The molecule has 2 atom stereocenters. The molecule has 5 N–H and O–H groups in total. The largest absolute Gasteiger partial charge is 0.469 e. The monoisotopic (exact) mass is 576 g/mol. The maximum absolute atomic E-state index is 11.4. The van der Waals surface area contributed by atoms with Crippen LogP contribution in [0, 0.1) is 5.41 Å². The topological polar surface area (TPSA) is 130 Å². The SMILES string of the molecule is CC1(CNC(=NCc2ccc(S(N)(=O)=O)cc2)NCCc2ccco2)CCCCC1O.I. The predicted octanol–water partition coefficient (Wildman–Crippen LogP) is 2.76. The van der Waals surface area contributed by atoms with E-state index in [9.17, 15) is 13.5 Å². The van der Waals surface area contributed by atoms with Crippen molar-refractivity contribution < 1.29 is 17.9 Å². The van der Waals surface area contributed by atoms with Crippen LogP contribution in [0.5, 0.6) is 0 Å². The number of sulfonamides is 1. The summed E-state index contributed by atoms with van der Waals surface area (Å²) in [5, 5.41) is 22.3. The Labute approximate surface area is 207 Å². The second kappa shape index (κ2) is 12.0. The van der Waals surface area contributed by atoms with Crippen molar-refractivity contribution in [2.24, 2.45) is 15.5 Å². The van der Waals surface area contributed by atoms with Gasteiger partial charge in [0.05, 0.1) is 23.8 Å². The van der Waals surface area contributed by atoms with Gasteiger partial charge in [-0.15, -0.1) is 24.0 Å². The fourth-order valence-corrected chi connectivity index (χ4v) is 4.28. The van der Waals surface area contributed by atoms with Gasteiger partial charge in [-0.05, 0) is 42.7 Å². The number of guanidine groups is 1. The first-order valence-corrected chi connectivity index (χ1v) is 12.2. The van der Waals surface area contributed by atoms with Gasteiger partial charge in [-0.1, -0.05) is 31.9 Å². The Morgan fingerprint density at radius 1 is 1.25 bits per heavy atom. The highest BCUT2D eigenvalue weighted by Gasteiger charge is 2.35. The minimum atomic E-state index is -3.71. The maximum atomic E-state index is 11.4. The summed E-state index contributed by atoms with van der Waals surface area (Å²) < 4.78 is 28.2. The Bertz CT molecular complexity index is 964. The average molecular weight is 577 g/mol. The summed E-state index contributed by atoms with van der Waals surface area (Å²) in [6.45, 7) is 3.74. The first-order valence-electron chi connectivity index (χ1n) is 10.6. The van der Waals surface area contributed by atoms with Gasteiger partial charge >= 0.3 is 0 Å². The lowest BCUT2D eigenvalue weighted by Crippen LogP contribution is -2.48. The third-order valence-electron chi connectivity index (χ3n) is 5.86. The highest BCUT2D eigenvalue weighted by Crippen LogP contribution is 2.35. The number of aliphatic hydroxyl groups is 1. The fraction of sp³-hybridized carbons (Fsp3) is 0.500. The molecule has 1 fully saturated rings. The second-order valence-corrected chi connectivity index (χ2v) is 9.94. The number of hydrogen-bond donors (Lipinski definition) is 4. The van der Waals surface area contributed by atoms with E-state index in [1.54, 1.807) is 18.4 Å². The Morgan fingerprint density at radius 2 is 2.00 bits per heavy atom. The summed E-state index contributed by atoms with van der Waals surface area (Å²) in [7, 11) is -3.71. The number of benzene rings is 1. The molecule has 0 saturated heterocycles. The van der Waals surface area contributed by atoms with Crippen LogP contribution >= 0.6 is 24.0 Å². The zero-order valence-corrected chi connectivity index (χ0v) is 21.4. The smallest absolute Gasteiger partial charge is 0.238 e. The molecule has 0 radical (unpaired) electrons. The molecule has 3 rings (SSSR count). The van der Waals surface area contributed by atoms with E-state index in [-0.39, 0.29) is 40.4 Å². The number of aliphatic hydroxyl groups excluding tert-OH is 1. The number of nitrogens with one attached hydrogen (secondary N) is 2. The number of aliphatic imine (C=N–C) groups is 1. The third kappa shape index (κ3) is 7.75. The summed E-state index contributed by atoms with van der Waals surface area (Å²) in [4.78, 5) is 4.72. The van der Waals surface area contributed by atoms with Crippen LogP contribution in [-0.2, 0) is 23.0 Å². The zero-order chi connectivity index (χ0) is 22.3. The summed E-state index contributed by atoms with van der Waals surface area (Å²) in [6, 6.07) is 10.2. The molecule has 178 valence electrons. The fourth-order valence-electron chi connectivity index (χ4n) is 3.76. The molecule has 8 nitrogen and oxygen atoms in total. The Hall–Kier alpha value is -1.63. The molecule has 2 aromatic rings. The summed E-state index contributed by atoms with van der Waals surface area (Å²) in [5.74, 6) is 1.53. The van der Waals surface area contributed by atoms with Crippen LogP contribution in [0.2, 0.25) is 0 Å². The summed E-state index contributed by atoms with van der Waals surface area (Å²) in [6.07, 6.45) is 6.01. The minimum absolute atomic E-state index is 0. The van der Waals surface area contributed by atoms with E-state index in [4.69, 9.17) is 9.56 Å². The van der Waals surface area contributed by atoms with Gasteiger partial charge in [0, 0.05) is 24.9 Å². The number of nitrogens with zero attached hydrogens (tertiary/aromatic N) is 1. The van der Waals surface area contributed by atoms with Crippen LogP contribution in [0.3, 0.4) is 0 Å². The van der Waals surface area contributed by atoms with Crippen molar-refractivity contribution in [2.45, 2.75) is 56.6 Å². The van der Waals surface area contributed by atoms with Crippen molar-refractivity contribution in [2.75, 3.05) is 13.1 Å². The molecule has 0 amide bonds. The number of rotatable bonds is 8. The molecule has 1 aromatic heterocycles. The number of primary sulfonamides is 1. The van der Waals surface area contributed by atoms with Gasteiger partial charge in [0.1, 0.15) is 5.76 Å². The first kappa shape index (κ1) is 26.6. The summed E-state index contributed by atoms with van der Waals surface area (Å²) in [5.41, 5.74) is 0.669. The molecule has 0 aliphatic heterocycles. The van der Waals surface area contributed by atoms with Crippen molar-refractivity contribution in [3.63, 3.8) is 0 Å². The van der Waals surface area contributed by atoms with Crippen molar-refractivity contribution >= 4 is 40.0 Å². The Balaban J connectivity index is 0.00000363. The molecular weight excluding hydrogens is 543 g/mol. The quantitative estimate of drug-likeness (QED) is 0.217. The van der Waals surface area contributed by atoms with Gasteiger partial charge in [-0.3, -0.25) is 0 Å². The van der Waals surface area contributed by atoms with Crippen molar-refractivity contribution in [1.82, 2.24) is 10.6 Å². The number of halogens is 1. The number of nitrogens with two attached hydrogens (primary N) is 1. The molecule has 0 bridgehead atoms. The molecule has 2 unspecified atom stereocenters. The summed E-state index contributed by atoms with van der Waals surface area (Å²) >= 11 is 0. The maximum Gasteiger partial charge on any atom is 0.238 e. The lowest BCUT2D eigenvalue weighted by atomic mass is 9.73. The highest BCUT2D eigenvalue weighted by molar-refractivity contribution is 14.0. The van der Waals surface area contributed by atoms with Gasteiger partial charge in [0.15, 0.2) is 5.96 Å². The van der Waals surface area contributed by atoms with Crippen LogP contribution in [-0.4, -0.2) is 38.7 Å². The van der Waals surface area contributed by atoms with Gasteiger partial charge in [-0.2, -0.15) is 0 Å². The lowest BCUT2D eigenvalue weighted by molar-refractivity contribution is 0.00397. The molecule has 32 heavy (non-hydrogen) atoms. The van der Waals surface area contributed by atoms with Crippen LogP contribution in [0.4, 0.5) is 0 Å². The highest BCUT2D eigenvalue weighted by atomic mass is 127. The van der Waals surface area contributed by atoms with E-state index in [0.717, 1.165) is 43.4 Å². The first-order chi connectivity index (χ1) is 14.8. The minimum Gasteiger partial charge on any atom is -0.469 e. The molecule has 1 aromatic carbocycles. The van der Waals surface area contributed by atoms with Gasteiger partial charge in [0.25, 0.3) is 0 Å². The molecule has 1 aliphatic rings. The van der Waals surface area contributed by atoms with E-state index >= 15 is 0 Å². The molecule has 10 heteroatoms. The molecule has 1 saturated carbocycles. The van der Waals surface area contributed by atoms with Crippen LogP contribution in [0.15, 0.2) is 57.0 Å².